The van der Waals surface area contributed by atoms with Crippen LogP contribution in [0.1, 0.15) is 11.3 Å². The molecule has 0 N–H and O–H groups in total. The minimum absolute atomic E-state index is 0.917. The Morgan fingerprint density at radius 1 is 1.23 bits per heavy atom. The number of imidazole rings is 1. The lowest BCUT2D eigenvalue weighted by atomic mass is 10.3. The van der Waals surface area contributed by atoms with Crippen LogP contribution in [0, 0.1) is 13.8 Å². The van der Waals surface area contributed by atoms with Crippen molar-refractivity contribution in [2.45, 2.75) is 13.8 Å². The van der Waals surface area contributed by atoms with Crippen LogP contribution in [-0.2, 0) is 0 Å². The molecule has 2 rings (SSSR count). The largest absolute Gasteiger partial charge is 0.290 e. The first-order valence-electron chi connectivity index (χ1n) is 4.19. The van der Waals surface area contributed by atoms with Gasteiger partial charge in [0.05, 0.1) is 5.69 Å². The summed E-state index contributed by atoms with van der Waals surface area (Å²) in [6.07, 6.45) is 5.54. The number of hydrogen-bond acceptors (Lipinski definition) is 2. The number of aryl methyl sites for hydroxylation is 2. The van der Waals surface area contributed by atoms with Gasteiger partial charge in [0.25, 0.3) is 0 Å². The van der Waals surface area contributed by atoms with Crippen LogP contribution in [0.5, 0.6) is 0 Å². The molecule has 0 unspecified atom stereocenters. The third-order valence-corrected chi connectivity index (χ3v) is 1.88. The Labute approximate surface area is 77.1 Å². The van der Waals surface area contributed by atoms with E-state index in [0.29, 0.717) is 0 Å². The molecule has 0 bridgehead atoms. The summed E-state index contributed by atoms with van der Waals surface area (Å²) in [7, 11) is 0. The number of rotatable bonds is 1. The fourth-order valence-electron chi connectivity index (χ4n) is 1.21. The van der Waals surface area contributed by atoms with E-state index in [0.717, 1.165) is 11.5 Å². The highest BCUT2D eigenvalue weighted by atomic mass is 15.1. The summed E-state index contributed by atoms with van der Waals surface area (Å²) >= 11 is 0. The molecule has 3 heteroatoms. The van der Waals surface area contributed by atoms with Crippen LogP contribution in [0.15, 0.2) is 30.9 Å². The van der Waals surface area contributed by atoms with Crippen molar-refractivity contribution in [3.8, 4) is 5.82 Å². The molecule has 13 heavy (non-hydrogen) atoms. The number of nitrogens with zero attached hydrogens (tertiary/aromatic N) is 3. The molecule has 2 aromatic heterocycles. The highest BCUT2D eigenvalue weighted by molar-refractivity contribution is 5.27. The Balaban J connectivity index is 2.46. The molecule has 2 aromatic rings. The van der Waals surface area contributed by atoms with Crippen LogP contribution in [-0.4, -0.2) is 14.5 Å². The van der Waals surface area contributed by atoms with E-state index >= 15 is 0 Å². The molecule has 66 valence electrons. The van der Waals surface area contributed by atoms with Crippen LogP contribution in [0.3, 0.4) is 0 Å². The lowest BCUT2D eigenvalue weighted by Gasteiger charge is -2.00. The highest BCUT2D eigenvalue weighted by Crippen LogP contribution is 2.06. The summed E-state index contributed by atoms with van der Waals surface area (Å²) in [5.41, 5.74) is 2.21. The van der Waals surface area contributed by atoms with Crippen LogP contribution < -0.4 is 0 Å². The van der Waals surface area contributed by atoms with Crippen molar-refractivity contribution >= 4 is 0 Å². The predicted octanol–water partition coefficient (Wildman–Crippen LogP) is 1.88. The lowest BCUT2D eigenvalue weighted by Crippen LogP contribution is -1.93. The molecule has 0 aliphatic rings. The maximum absolute atomic E-state index is 4.25. The van der Waals surface area contributed by atoms with E-state index in [1.165, 1.54) is 5.56 Å². The highest BCUT2D eigenvalue weighted by Gasteiger charge is 1.97. The number of hydrogen-bond donors (Lipinski definition) is 0. The zero-order valence-corrected chi connectivity index (χ0v) is 7.73. The van der Waals surface area contributed by atoms with Gasteiger partial charge in [-0.05, 0) is 31.5 Å². The van der Waals surface area contributed by atoms with Gasteiger partial charge in [-0.1, -0.05) is 0 Å². The molecule has 0 amide bonds. The van der Waals surface area contributed by atoms with Crippen molar-refractivity contribution in [1.29, 1.82) is 0 Å². The first-order chi connectivity index (χ1) is 6.25. The van der Waals surface area contributed by atoms with E-state index < -0.39 is 0 Å². The van der Waals surface area contributed by atoms with Crippen molar-refractivity contribution in [3.63, 3.8) is 0 Å². The monoisotopic (exact) mass is 173 g/mol. The average Bonchev–Trinajstić information content (AvgIpc) is 2.52. The fraction of sp³-hybridized carbons (Fsp3) is 0.200. The zero-order valence-electron chi connectivity index (χ0n) is 7.73. The summed E-state index contributed by atoms with van der Waals surface area (Å²) in [6, 6.07) is 4.01. The number of pyridine rings is 1. The maximum atomic E-state index is 4.25. The standard InChI is InChI=1S/C10H11N3/c1-8-3-4-11-10(5-8)13-6-9(2)12-7-13/h3-7H,1-2H3. The molecular formula is C10H11N3. The van der Waals surface area contributed by atoms with Crippen LogP contribution in [0.2, 0.25) is 0 Å². The molecule has 0 spiro atoms. The minimum atomic E-state index is 0.917. The van der Waals surface area contributed by atoms with Gasteiger partial charge in [-0.15, -0.1) is 0 Å². The van der Waals surface area contributed by atoms with Crippen LogP contribution >= 0.6 is 0 Å². The maximum Gasteiger partial charge on any atom is 0.138 e. The topological polar surface area (TPSA) is 30.7 Å². The Morgan fingerprint density at radius 2 is 2.08 bits per heavy atom. The van der Waals surface area contributed by atoms with E-state index in [-0.39, 0.29) is 0 Å². The Bertz CT molecular complexity index is 418. The molecule has 0 fully saturated rings. The predicted molar refractivity (Wildman–Crippen MR) is 50.8 cm³/mol. The van der Waals surface area contributed by atoms with Gasteiger partial charge in [0.15, 0.2) is 0 Å². The molecule has 0 aliphatic carbocycles. The average molecular weight is 173 g/mol. The van der Waals surface area contributed by atoms with Gasteiger partial charge in [0, 0.05) is 12.4 Å². The normalized spacial score (nSPS) is 10.3. The van der Waals surface area contributed by atoms with Gasteiger partial charge in [-0.3, -0.25) is 4.57 Å². The van der Waals surface area contributed by atoms with Gasteiger partial charge >= 0.3 is 0 Å². The first-order valence-corrected chi connectivity index (χ1v) is 4.19. The summed E-state index contributed by atoms with van der Waals surface area (Å²) in [4.78, 5) is 8.39. The molecule has 0 aliphatic heterocycles. The van der Waals surface area contributed by atoms with Gasteiger partial charge < -0.3 is 0 Å². The van der Waals surface area contributed by atoms with Crippen LogP contribution in [0.25, 0.3) is 5.82 Å². The Morgan fingerprint density at radius 3 is 2.69 bits per heavy atom. The van der Waals surface area contributed by atoms with Crippen molar-refractivity contribution in [2.24, 2.45) is 0 Å². The van der Waals surface area contributed by atoms with Crippen LogP contribution in [0.4, 0.5) is 0 Å². The summed E-state index contributed by atoms with van der Waals surface area (Å²) in [5, 5.41) is 0. The van der Waals surface area contributed by atoms with Crippen molar-refractivity contribution in [2.75, 3.05) is 0 Å². The molecule has 3 nitrogen and oxygen atoms in total. The summed E-state index contributed by atoms with van der Waals surface area (Å²) < 4.78 is 1.92. The number of aromatic nitrogens is 3. The third-order valence-electron chi connectivity index (χ3n) is 1.88. The van der Waals surface area contributed by atoms with Crippen molar-refractivity contribution < 1.29 is 0 Å². The van der Waals surface area contributed by atoms with Gasteiger partial charge in [-0.2, -0.15) is 0 Å². The van der Waals surface area contributed by atoms with E-state index in [2.05, 4.69) is 16.9 Å². The van der Waals surface area contributed by atoms with Gasteiger partial charge in [0.1, 0.15) is 12.1 Å². The molecule has 0 aromatic carbocycles. The molecule has 0 saturated heterocycles. The second-order valence-electron chi connectivity index (χ2n) is 3.11. The lowest BCUT2D eigenvalue weighted by molar-refractivity contribution is 0.988. The SMILES string of the molecule is Cc1ccnc(-n2cnc(C)c2)c1. The molecular weight excluding hydrogens is 162 g/mol. The van der Waals surface area contributed by atoms with Gasteiger partial charge in [-0.25, -0.2) is 9.97 Å². The first kappa shape index (κ1) is 7.98. The van der Waals surface area contributed by atoms with E-state index in [1.54, 1.807) is 12.5 Å². The molecule has 2 heterocycles. The van der Waals surface area contributed by atoms with Crippen molar-refractivity contribution in [3.05, 3.63) is 42.1 Å². The quantitative estimate of drug-likeness (QED) is 0.659. The fourth-order valence-corrected chi connectivity index (χ4v) is 1.21. The van der Waals surface area contributed by atoms with E-state index in [4.69, 9.17) is 0 Å². The van der Waals surface area contributed by atoms with Crippen molar-refractivity contribution in [1.82, 2.24) is 14.5 Å². The Kier molecular flexibility index (Phi) is 1.85. The third kappa shape index (κ3) is 1.59. The molecule has 0 saturated carbocycles. The summed E-state index contributed by atoms with van der Waals surface area (Å²) in [5.74, 6) is 0.917. The smallest absolute Gasteiger partial charge is 0.138 e. The minimum Gasteiger partial charge on any atom is -0.290 e. The van der Waals surface area contributed by atoms with E-state index in [1.807, 2.05) is 29.8 Å². The second-order valence-corrected chi connectivity index (χ2v) is 3.11. The van der Waals surface area contributed by atoms with Gasteiger partial charge in [0.2, 0.25) is 0 Å². The Hall–Kier alpha value is -1.64. The molecule has 0 radical (unpaired) electrons. The summed E-state index contributed by atoms with van der Waals surface area (Å²) in [6.45, 7) is 4.02. The zero-order chi connectivity index (χ0) is 9.26. The van der Waals surface area contributed by atoms with E-state index in [9.17, 15) is 0 Å². The second kappa shape index (κ2) is 3.01. The molecule has 0 atom stereocenters.